The van der Waals surface area contributed by atoms with Crippen molar-refractivity contribution in [3.63, 3.8) is 0 Å². The summed E-state index contributed by atoms with van der Waals surface area (Å²) in [4.78, 5) is 4.23. The summed E-state index contributed by atoms with van der Waals surface area (Å²) in [5, 5.41) is 4.71. The van der Waals surface area contributed by atoms with Gasteiger partial charge in [0.15, 0.2) is 0 Å². The van der Waals surface area contributed by atoms with Crippen LogP contribution in [0.3, 0.4) is 0 Å². The molecule has 0 aliphatic heterocycles. The van der Waals surface area contributed by atoms with Crippen LogP contribution in [-0.4, -0.2) is 4.98 Å². The van der Waals surface area contributed by atoms with Crippen molar-refractivity contribution in [2.45, 2.75) is 0 Å². The summed E-state index contributed by atoms with van der Waals surface area (Å²) < 4.78 is 13.1. The van der Waals surface area contributed by atoms with Crippen LogP contribution in [0.5, 0.6) is 0 Å². The molecule has 4 aromatic rings. The quantitative estimate of drug-likeness (QED) is 0.435. The van der Waals surface area contributed by atoms with Crippen molar-refractivity contribution in [3.05, 3.63) is 78.7 Å². The highest BCUT2D eigenvalue weighted by Crippen LogP contribution is 2.33. The monoisotopic (exact) mass is 273 g/mol. The Kier molecular flexibility index (Phi) is 2.68. The first-order chi connectivity index (χ1) is 10.3. The summed E-state index contributed by atoms with van der Waals surface area (Å²) >= 11 is 0. The predicted molar refractivity (Wildman–Crippen MR) is 84.6 cm³/mol. The summed E-state index contributed by atoms with van der Waals surface area (Å²) in [5.41, 5.74) is 1.82. The number of rotatable bonds is 1. The second-order valence-electron chi connectivity index (χ2n) is 5.05. The Labute approximate surface area is 121 Å². The molecule has 2 heteroatoms. The van der Waals surface area contributed by atoms with Gasteiger partial charge in [-0.15, -0.1) is 0 Å². The molecule has 21 heavy (non-hydrogen) atoms. The van der Waals surface area contributed by atoms with E-state index in [1.54, 1.807) is 6.07 Å². The van der Waals surface area contributed by atoms with Crippen LogP contribution in [-0.2, 0) is 0 Å². The minimum Gasteiger partial charge on any atom is -0.253 e. The third-order valence-electron chi connectivity index (χ3n) is 3.77. The Hall–Kier alpha value is -2.74. The van der Waals surface area contributed by atoms with Gasteiger partial charge < -0.3 is 0 Å². The number of hydrogen-bond acceptors (Lipinski definition) is 1. The van der Waals surface area contributed by atoms with Gasteiger partial charge in [-0.2, -0.15) is 0 Å². The second-order valence-corrected chi connectivity index (χ2v) is 5.05. The standard InChI is InChI=1S/C19H12FN/c20-14-9-10-19(21-12-14)18-11-13-5-1-2-6-15(13)16-7-3-4-8-17(16)18/h1-12H. The highest BCUT2D eigenvalue weighted by atomic mass is 19.1. The fraction of sp³-hybridized carbons (Fsp3) is 0. The lowest BCUT2D eigenvalue weighted by atomic mass is 9.95. The zero-order chi connectivity index (χ0) is 14.2. The van der Waals surface area contributed by atoms with Crippen molar-refractivity contribution >= 4 is 21.5 Å². The molecular formula is C19H12FN. The zero-order valence-electron chi connectivity index (χ0n) is 11.3. The largest absolute Gasteiger partial charge is 0.253 e. The average molecular weight is 273 g/mol. The maximum atomic E-state index is 13.1. The van der Waals surface area contributed by atoms with Gasteiger partial charge in [-0.05, 0) is 39.7 Å². The van der Waals surface area contributed by atoms with Gasteiger partial charge in [0.1, 0.15) is 5.82 Å². The number of benzene rings is 3. The Morgan fingerprint density at radius 2 is 1.43 bits per heavy atom. The molecule has 0 atom stereocenters. The summed E-state index contributed by atoms with van der Waals surface area (Å²) in [6, 6.07) is 21.8. The maximum Gasteiger partial charge on any atom is 0.141 e. The molecule has 0 fully saturated rings. The van der Waals surface area contributed by atoms with E-state index in [-0.39, 0.29) is 5.82 Å². The molecule has 1 heterocycles. The Morgan fingerprint density at radius 1 is 0.714 bits per heavy atom. The summed E-state index contributed by atoms with van der Waals surface area (Å²) in [5.74, 6) is -0.316. The minimum absolute atomic E-state index is 0.316. The fourth-order valence-corrected chi connectivity index (χ4v) is 2.80. The lowest BCUT2D eigenvalue weighted by Gasteiger charge is -2.10. The van der Waals surface area contributed by atoms with E-state index in [4.69, 9.17) is 0 Å². The Morgan fingerprint density at radius 3 is 2.19 bits per heavy atom. The van der Waals surface area contributed by atoms with E-state index >= 15 is 0 Å². The maximum absolute atomic E-state index is 13.1. The van der Waals surface area contributed by atoms with Crippen molar-refractivity contribution in [3.8, 4) is 11.3 Å². The summed E-state index contributed by atoms with van der Waals surface area (Å²) in [6.45, 7) is 0. The Bertz CT molecular complexity index is 942. The van der Waals surface area contributed by atoms with E-state index in [0.717, 1.165) is 22.0 Å². The SMILES string of the molecule is Fc1ccc(-c2cc3ccccc3c3ccccc23)nc1. The van der Waals surface area contributed by atoms with E-state index in [1.807, 2.05) is 24.3 Å². The molecule has 100 valence electrons. The lowest BCUT2D eigenvalue weighted by molar-refractivity contribution is 0.622. The number of nitrogens with zero attached hydrogens (tertiary/aromatic N) is 1. The van der Waals surface area contributed by atoms with Gasteiger partial charge in [-0.1, -0.05) is 48.5 Å². The molecule has 0 unspecified atom stereocenters. The van der Waals surface area contributed by atoms with Gasteiger partial charge in [0.05, 0.1) is 11.9 Å². The van der Waals surface area contributed by atoms with Gasteiger partial charge in [0.25, 0.3) is 0 Å². The predicted octanol–water partition coefficient (Wildman–Crippen LogP) is 5.19. The first-order valence-corrected chi connectivity index (χ1v) is 6.85. The van der Waals surface area contributed by atoms with Gasteiger partial charge >= 0.3 is 0 Å². The molecule has 1 nitrogen and oxygen atoms in total. The third kappa shape index (κ3) is 1.96. The fourth-order valence-electron chi connectivity index (χ4n) is 2.80. The van der Waals surface area contributed by atoms with Crippen molar-refractivity contribution in [2.24, 2.45) is 0 Å². The van der Waals surface area contributed by atoms with Gasteiger partial charge in [-0.25, -0.2) is 4.39 Å². The van der Waals surface area contributed by atoms with Crippen molar-refractivity contribution in [2.75, 3.05) is 0 Å². The van der Waals surface area contributed by atoms with Gasteiger partial charge in [0.2, 0.25) is 0 Å². The molecule has 1 aromatic heterocycles. The molecule has 0 N–H and O–H groups in total. The summed E-state index contributed by atoms with van der Waals surface area (Å²) in [7, 11) is 0. The van der Waals surface area contributed by atoms with Gasteiger partial charge in [-0.3, -0.25) is 4.98 Å². The van der Waals surface area contributed by atoms with Crippen LogP contribution in [0.1, 0.15) is 0 Å². The molecule has 3 aromatic carbocycles. The molecule has 0 radical (unpaired) electrons. The van der Waals surface area contributed by atoms with Crippen LogP contribution in [0.15, 0.2) is 72.9 Å². The molecular weight excluding hydrogens is 261 g/mol. The van der Waals surface area contributed by atoms with Crippen LogP contribution in [0, 0.1) is 5.82 Å². The number of halogens is 1. The van der Waals surface area contributed by atoms with Crippen LogP contribution in [0.2, 0.25) is 0 Å². The highest BCUT2D eigenvalue weighted by Gasteiger charge is 2.08. The van der Waals surface area contributed by atoms with Crippen molar-refractivity contribution in [1.29, 1.82) is 0 Å². The second kappa shape index (κ2) is 4.67. The van der Waals surface area contributed by atoms with Crippen LogP contribution < -0.4 is 0 Å². The topological polar surface area (TPSA) is 12.9 Å². The first kappa shape index (κ1) is 12.0. The van der Waals surface area contributed by atoms with E-state index in [1.165, 1.54) is 23.0 Å². The van der Waals surface area contributed by atoms with E-state index in [9.17, 15) is 4.39 Å². The molecule has 0 amide bonds. The Balaban J connectivity index is 2.13. The number of fused-ring (bicyclic) bond motifs is 3. The molecule has 0 aliphatic carbocycles. The third-order valence-corrected chi connectivity index (χ3v) is 3.77. The molecule has 0 saturated heterocycles. The molecule has 0 spiro atoms. The van der Waals surface area contributed by atoms with Crippen molar-refractivity contribution in [1.82, 2.24) is 4.98 Å². The highest BCUT2D eigenvalue weighted by molar-refractivity contribution is 6.13. The average Bonchev–Trinajstić information content (AvgIpc) is 2.55. The van der Waals surface area contributed by atoms with E-state index in [2.05, 4.69) is 35.3 Å². The number of aromatic nitrogens is 1. The van der Waals surface area contributed by atoms with Gasteiger partial charge in [0, 0.05) is 5.56 Å². The minimum atomic E-state index is -0.316. The van der Waals surface area contributed by atoms with Crippen LogP contribution >= 0.6 is 0 Å². The molecule has 0 aliphatic rings. The van der Waals surface area contributed by atoms with E-state index in [0.29, 0.717) is 0 Å². The van der Waals surface area contributed by atoms with Crippen molar-refractivity contribution < 1.29 is 4.39 Å². The normalized spacial score (nSPS) is 11.1. The summed E-state index contributed by atoms with van der Waals surface area (Å²) in [6.07, 6.45) is 1.26. The molecule has 4 rings (SSSR count). The molecule has 0 bridgehead atoms. The zero-order valence-corrected chi connectivity index (χ0v) is 11.3. The van der Waals surface area contributed by atoms with Crippen LogP contribution in [0.4, 0.5) is 4.39 Å². The number of pyridine rings is 1. The molecule has 0 saturated carbocycles. The first-order valence-electron chi connectivity index (χ1n) is 6.85. The van der Waals surface area contributed by atoms with Crippen LogP contribution in [0.25, 0.3) is 32.8 Å². The lowest BCUT2D eigenvalue weighted by Crippen LogP contribution is -1.88. The smallest absolute Gasteiger partial charge is 0.141 e. The van der Waals surface area contributed by atoms with E-state index < -0.39 is 0 Å². The number of hydrogen-bond donors (Lipinski definition) is 0.